The molecule has 3 N–H and O–H groups in total. The topological polar surface area (TPSA) is 102 Å². The van der Waals surface area contributed by atoms with E-state index in [9.17, 15) is 10.0 Å². The van der Waals surface area contributed by atoms with E-state index in [2.05, 4.69) is 9.97 Å². The van der Waals surface area contributed by atoms with Gasteiger partial charge in [-0.15, -0.1) is 0 Å². The molecule has 1 atom stereocenters. The van der Waals surface area contributed by atoms with E-state index in [0.717, 1.165) is 22.4 Å². The lowest BCUT2D eigenvalue weighted by Gasteiger charge is -2.18. The number of ether oxygens (including phenoxy) is 1. The maximum absolute atomic E-state index is 12.6. The Labute approximate surface area is 192 Å². The third-order valence-electron chi connectivity index (χ3n) is 5.09. The van der Waals surface area contributed by atoms with Crippen molar-refractivity contribution < 1.29 is 14.7 Å². The zero-order valence-corrected chi connectivity index (χ0v) is 17.9. The lowest BCUT2D eigenvalue weighted by molar-refractivity contribution is -0.125. The summed E-state index contributed by atoms with van der Waals surface area (Å²) in [4.78, 5) is 20.9. The number of amides is 1. The molecule has 4 rings (SSSR count). The van der Waals surface area contributed by atoms with Crippen molar-refractivity contribution in [3.63, 3.8) is 0 Å². The van der Waals surface area contributed by atoms with E-state index in [4.69, 9.17) is 10.5 Å². The van der Waals surface area contributed by atoms with Gasteiger partial charge in [0.05, 0.1) is 11.7 Å². The van der Waals surface area contributed by atoms with Crippen molar-refractivity contribution in [3.8, 4) is 17.0 Å². The maximum Gasteiger partial charge on any atom is 0.269 e. The molecule has 7 heteroatoms. The molecule has 1 amide bonds. The molecule has 0 saturated heterocycles. The summed E-state index contributed by atoms with van der Waals surface area (Å²) in [6.45, 7) is 0.475. The quantitative estimate of drug-likeness (QED) is 0.317. The van der Waals surface area contributed by atoms with Gasteiger partial charge in [0.15, 0.2) is 5.82 Å². The SMILES string of the molecule is NC(Cc1ccccc1)C(=O)N(O)c1cc(-c2ccc(OCc3ccccc3)cc2)ncn1. The molecule has 4 aromatic rings. The number of hydrogen-bond acceptors (Lipinski definition) is 6. The summed E-state index contributed by atoms with van der Waals surface area (Å²) in [5.41, 5.74) is 9.35. The van der Waals surface area contributed by atoms with Crippen LogP contribution in [-0.4, -0.2) is 27.1 Å². The van der Waals surface area contributed by atoms with Crippen LogP contribution in [0, 0.1) is 0 Å². The zero-order chi connectivity index (χ0) is 23.0. The van der Waals surface area contributed by atoms with Gasteiger partial charge < -0.3 is 10.5 Å². The number of nitrogens with two attached hydrogens (primary N) is 1. The average Bonchev–Trinajstić information content (AvgIpc) is 2.88. The zero-order valence-electron chi connectivity index (χ0n) is 17.9. The Morgan fingerprint density at radius 1 is 0.909 bits per heavy atom. The van der Waals surface area contributed by atoms with Crippen LogP contribution in [0.3, 0.4) is 0 Å². The van der Waals surface area contributed by atoms with Crippen molar-refractivity contribution in [2.45, 2.75) is 19.1 Å². The summed E-state index contributed by atoms with van der Waals surface area (Å²) >= 11 is 0. The Hall–Kier alpha value is -4.07. The molecule has 7 nitrogen and oxygen atoms in total. The van der Waals surface area contributed by atoms with E-state index in [0.29, 0.717) is 23.8 Å². The molecule has 0 aliphatic carbocycles. The Morgan fingerprint density at radius 2 is 1.55 bits per heavy atom. The second-order valence-corrected chi connectivity index (χ2v) is 7.51. The fraction of sp³-hybridized carbons (Fsp3) is 0.115. The molecular weight excluding hydrogens is 416 g/mol. The smallest absolute Gasteiger partial charge is 0.269 e. The lowest BCUT2D eigenvalue weighted by Crippen LogP contribution is -2.43. The van der Waals surface area contributed by atoms with Gasteiger partial charge in [0, 0.05) is 11.6 Å². The van der Waals surface area contributed by atoms with Gasteiger partial charge in [0.25, 0.3) is 5.91 Å². The van der Waals surface area contributed by atoms with Crippen molar-refractivity contribution in [1.29, 1.82) is 0 Å². The molecule has 1 heterocycles. The van der Waals surface area contributed by atoms with Crippen molar-refractivity contribution in [1.82, 2.24) is 9.97 Å². The average molecular weight is 441 g/mol. The first-order chi connectivity index (χ1) is 16.1. The van der Waals surface area contributed by atoms with Gasteiger partial charge in [0.1, 0.15) is 18.7 Å². The molecule has 33 heavy (non-hydrogen) atoms. The molecule has 1 unspecified atom stereocenters. The number of benzene rings is 3. The molecule has 0 spiro atoms. The van der Waals surface area contributed by atoms with Gasteiger partial charge in [-0.05, 0) is 41.8 Å². The summed E-state index contributed by atoms with van der Waals surface area (Å²) in [7, 11) is 0. The molecule has 0 aliphatic rings. The summed E-state index contributed by atoms with van der Waals surface area (Å²) in [6.07, 6.45) is 1.60. The first-order valence-electron chi connectivity index (χ1n) is 10.5. The van der Waals surface area contributed by atoms with E-state index >= 15 is 0 Å². The van der Waals surface area contributed by atoms with Crippen molar-refractivity contribution in [2.75, 3.05) is 5.06 Å². The minimum atomic E-state index is -0.906. The van der Waals surface area contributed by atoms with E-state index in [-0.39, 0.29) is 5.82 Å². The van der Waals surface area contributed by atoms with Crippen LogP contribution in [0.15, 0.2) is 97.3 Å². The number of anilines is 1. The van der Waals surface area contributed by atoms with Crippen LogP contribution in [0.5, 0.6) is 5.75 Å². The van der Waals surface area contributed by atoms with Crippen LogP contribution >= 0.6 is 0 Å². The first-order valence-corrected chi connectivity index (χ1v) is 10.5. The fourth-order valence-corrected chi connectivity index (χ4v) is 3.31. The van der Waals surface area contributed by atoms with Crippen LogP contribution in [0.4, 0.5) is 5.82 Å². The predicted octanol–water partition coefficient (Wildman–Crippen LogP) is 4.01. The number of rotatable bonds is 8. The number of hydrogen-bond donors (Lipinski definition) is 2. The number of hydroxylamine groups is 1. The van der Waals surface area contributed by atoms with Crippen molar-refractivity contribution in [2.24, 2.45) is 5.73 Å². The highest BCUT2D eigenvalue weighted by Crippen LogP contribution is 2.23. The summed E-state index contributed by atoms with van der Waals surface area (Å²) in [5, 5.41) is 10.9. The standard InChI is InChI=1S/C26H24N4O3/c27-23(15-19-7-3-1-4-8-19)26(31)30(32)25-16-24(28-18-29-25)21-11-13-22(14-12-21)33-17-20-9-5-2-6-10-20/h1-14,16,18,23,32H,15,17,27H2. The maximum atomic E-state index is 12.6. The van der Waals surface area contributed by atoms with E-state index in [1.807, 2.05) is 84.9 Å². The van der Waals surface area contributed by atoms with E-state index in [1.165, 1.54) is 12.4 Å². The van der Waals surface area contributed by atoms with Crippen LogP contribution in [0.25, 0.3) is 11.3 Å². The van der Waals surface area contributed by atoms with Gasteiger partial charge in [-0.2, -0.15) is 5.06 Å². The van der Waals surface area contributed by atoms with Crippen molar-refractivity contribution in [3.05, 3.63) is 108 Å². The molecule has 0 fully saturated rings. The summed E-state index contributed by atoms with van der Waals surface area (Å²) in [6, 6.07) is 27.3. The van der Waals surface area contributed by atoms with Crippen LogP contribution < -0.4 is 15.5 Å². The Balaban J connectivity index is 1.42. The van der Waals surface area contributed by atoms with E-state index < -0.39 is 11.9 Å². The van der Waals surface area contributed by atoms with E-state index in [1.54, 1.807) is 0 Å². The molecular formula is C26H24N4O3. The van der Waals surface area contributed by atoms with Crippen LogP contribution in [0.1, 0.15) is 11.1 Å². The highest BCUT2D eigenvalue weighted by atomic mass is 16.5. The van der Waals surface area contributed by atoms with Crippen LogP contribution in [-0.2, 0) is 17.8 Å². The fourth-order valence-electron chi connectivity index (χ4n) is 3.31. The minimum absolute atomic E-state index is 0.0536. The van der Waals surface area contributed by atoms with Crippen molar-refractivity contribution >= 4 is 11.7 Å². The summed E-state index contributed by atoms with van der Waals surface area (Å²) < 4.78 is 5.81. The van der Waals surface area contributed by atoms with Gasteiger partial charge in [-0.25, -0.2) is 9.97 Å². The monoisotopic (exact) mass is 440 g/mol. The Bertz CT molecular complexity index is 1190. The largest absolute Gasteiger partial charge is 0.489 e. The first kappa shape index (κ1) is 22.1. The second-order valence-electron chi connectivity index (χ2n) is 7.51. The molecule has 1 aromatic heterocycles. The van der Waals surface area contributed by atoms with Gasteiger partial charge in [-0.1, -0.05) is 60.7 Å². The molecule has 0 saturated carbocycles. The predicted molar refractivity (Wildman–Crippen MR) is 126 cm³/mol. The normalized spacial score (nSPS) is 11.6. The minimum Gasteiger partial charge on any atom is -0.489 e. The third-order valence-corrected chi connectivity index (χ3v) is 5.09. The molecule has 0 bridgehead atoms. The number of nitrogens with zero attached hydrogens (tertiary/aromatic N) is 3. The van der Waals surface area contributed by atoms with Gasteiger partial charge in [-0.3, -0.25) is 10.0 Å². The Morgan fingerprint density at radius 3 is 2.21 bits per heavy atom. The van der Waals surface area contributed by atoms with Gasteiger partial charge >= 0.3 is 0 Å². The molecule has 0 radical (unpaired) electrons. The number of carbonyl (C=O) groups is 1. The number of carbonyl (C=O) groups excluding carboxylic acids is 1. The highest BCUT2D eigenvalue weighted by Gasteiger charge is 2.23. The van der Waals surface area contributed by atoms with Gasteiger partial charge in [0.2, 0.25) is 0 Å². The summed E-state index contributed by atoms with van der Waals surface area (Å²) in [5.74, 6) is 0.133. The molecule has 0 aliphatic heterocycles. The number of aromatic nitrogens is 2. The Kier molecular flexibility index (Phi) is 7.04. The van der Waals surface area contributed by atoms with Crippen LogP contribution in [0.2, 0.25) is 0 Å². The second kappa shape index (κ2) is 10.5. The third kappa shape index (κ3) is 5.79. The molecule has 166 valence electrons. The lowest BCUT2D eigenvalue weighted by atomic mass is 10.1. The molecule has 3 aromatic carbocycles. The highest BCUT2D eigenvalue weighted by molar-refractivity contribution is 5.94.